The van der Waals surface area contributed by atoms with Crippen LogP contribution in [0.3, 0.4) is 0 Å². The van der Waals surface area contributed by atoms with Gasteiger partial charge in [-0.15, -0.1) is 10.2 Å². The van der Waals surface area contributed by atoms with Crippen molar-refractivity contribution in [1.29, 1.82) is 0 Å². The normalized spacial score (nSPS) is 10.7. The minimum absolute atomic E-state index is 0.316. The lowest BCUT2D eigenvalue weighted by Crippen LogP contribution is -2.02. The summed E-state index contributed by atoms with van der Waals surface area (Å²) < 4.78 is 0. The van der Waals surface area contributed by atoms with Gasteiger partial charge in [-0.05, 0) is 18.1 Å². The van der Waals surface area contributed by atoms with Gasteiger partial charge in [0.1, 0.15) is 0 Å². The highest BCUT2D eigenvalue weighted by atomic mass is 16.4. The second kappa shape index (κ2) is 10.5. The van der Waals surface area contributed by atoms with Gasteiger partial charge >= 0.3 is 5.97 Å². The van der Waals surface area contributed by atoms with Crippen LogP contribution in [0.2, 0.25) is 0 Å². The Morgan fingerprint density at radius 3 is 2.05 bits per heavy atom. The van der Waals surface area contributed by atoms with Gasteiger partial charge < -0.3 is 5.11 Å². The minimum atomic E-state index is -0.679. The maximum absolute atomic E-state index is 10.3. The van der Waals surface area contributed by atoms with Crippen molar-refractivity contribution < 1.29 is 9.90 Å². The van der Waals surface area contributed by atoms with E-state index < -0.39 is 5.97 Å². The Balaban J connectivity index is 1.75. The van der Waals surface area contributed by atoms with Crippen LogP contribution in [-0.2, 0) is 11.3 Å². The molecule has 19 heavy (non-hydrogen) atoms. The molecular weight excluding hydrogens is 244 g/mol. The fourth-order valence-corrected chi connectivity index (χ4v) is 2.06. The quantitative estimate of drug-likeness (QED) is 0.589. The van der Waals surface area contributed by atoms with Gasteiger partial charge in [0.2, 0.25) is 0 Å². The summed E-state index contributed by atoms with van der Waals surface area (Å²) in [5.74, 6) is -0.679. The Morgan fingerprint density at radius 1 is 0.947 bits per heavy atom. The number of unbranched alkanes of at least 4 members (excludes halogenated alkanes) is 8. The molecule has 1 aromatic heterocycles. The highest BCUT2D eigenvalue weighted by molar-refractivity contribution is 5.66. The van der Waals surface area contributed by atoms with E-state index in [1.807, 2.05) is 0 Å². The molecule has 0 bridgehead atoms. The highest BCUT2D eigenvalue weighted by Gasteiger charge is 1.97. The Bertz CT molecular complexity index is 327. The van der Waals surface area contributed by atoms with Crippen molar-refractivity contribution in [1.82, 2.24) is 20.2 Å². The lowest BCUT2D eigenvalue weighted by atomic mass is 10.1. The molecule has 0 saturated carbocycles. The predicted octanol–water partition coefficient (Wildman–Crippen LogP) is 2.66. The van der Waals surface area contributed by atoms with Crippen molar-refractivity contribution in [3.05, 3.63) is 6.33 Å². The lowest BCUT2D eigenvalue weighted by molar-refractivity contribution is -0.137. The van der Waals surface area contributed by atoms with E-state index in [0.717, 1.165) is 32.2 Å². The van der Waals surface area contributed by atoms with Crippen LogP contribution < -0.4 is 0 Å². The molecule has 0 unspecified atom stereocenters. The van der Waals surface area contributed by atoms with Crippen molar-refractivity contribution in [3.63, 3.8) is 0 Å². The summed E-state index contributed by atoms with van der Waals surface area (Å²) in [6.07, 6.45) is 12.1. The van der Waals surface area contributed by atoms with Gasteiger partial charge in [-0.3, -0.25) is 4.79 Å². The second-order valence-electron chi connectivity index (χ2n) is 4.86. The van der Waals surface area contributed by atoms with Gasteiger partial charge in [-0.2, -0.15) is 4.80 Å². The smallest absolute Gasteiger partial charge is 0.303 e. The van der Waals surface area contributed by atoms with Crippen LogP contribution in [-0.4, -0.2) is 31.3 Å². The van der Waals surface area contributed by atoms with Gasteiger partial charge in [0.15, 0.2) is 6.33 Å². The van der Waals surface area contributed by atoms with E-state index in [2.05, 4.69) is 15.4 Å². The Hall–Kier alpha value is -1.46. The molecule has 0 atom stereocenters. The van der Waals surface area contributed by atoms with Crippen molar-refractivity contribution >= 4 is 5.97 Å². The molecule has 0 aliphatic carbocycles. The van der Waals surface area contributed by atoms with Gasteiger partial charge in [0.05, 0.1) is 6.54 Å². The average molecular weight is 268 g/mol. The van der Waals surface area contributed by atoms with E-state index in [1.165, 1.54) is 38.4 Å². The fraction of sp³-hybridized carbons (Fsp3) is 0.846. The standard InChI is InChI=1S/C13H24N4O2/c18-13(19)10-8-6-4-2-1-3-5-7-9-11-17-15-12-14-16-17/h12H,1-11H2,(H,18,19). The summed E-state index contributed by atoms with van der Waals surface area (Å²) in [6, 6.07) is 0. The number of carboxylic acid groups (broad SMARTS) is 1. The van der Waals surface area contributed by atoms with E-state index in [0.29, 0.717) is 6.42 Å². The molecule has 0 fully saturated rings. The molecule has 0 amide bonds. The molecule has 0 saturated heterocycles. The lowest BCUT2D eigenvalue weighted by Gasteiger charge is -2.02. The van der Waals surface area contributed by atoms with Crippen LogP contribution in [0.5, 0.6) is 0 Å². The third-order valence-electron chi connectivity index (χ3n) is 3.14. The van der Waals surface area contributed by atoms with Crippen LogP contribution in [0.15, 0.2) is 6.33 Å². The van der Waals surface area contributed by atoms with Crippen molar-refractivity contribution in [2.24, 2.45) is 0 Å². The maximum Gasteiger partial charge on any atom is 0.303 e. The Labute approximate surface area is 114 Å². The monoisotopic (exact) mass is 268 g/mol. The number of carbonyl (C=O) groups is 1. The number of hydrogen-bond donors (Lipinski definition) is 1. The molecule has 0 radical (unpaired) electrons. The number of aliphatic carboxylic acids is 1. The van der Waals surface area contributed by atoms with Crippen LogP contribution in [0.1, 0.15) is 64.2 Å². The SMILES string of the molecule is O=C(O)CCCCCCCCCCCn1ncnn1. The Morgan fingerprint density at radius 2 is 1.53 bits per heavy atom. The number of hydrogen-bond acceptors (Lipinski definition) is 4. The maximum atomic E-state index is 10.3. The van der Waals surface area contributed by atoms with Crippen molar-refractivity contribution in [2.75, 3.05) is 0 Å². The van der Waals surface area contributed by atoms with E-state index in [1.54, 1.807) is 4.80 Å². The van der Waals surface area contributed by atoms with Crippen LogP contribution in [0.25, 0.3) is 0 Å². The number of aromatic nitrogens is 4. The molecule has 6 nitrogen and oxygen atoms in total. The first-order valence-electron chi connectivity index (χ1n) is 7.21. The number of aryl methyl sites for hydroxylation is 1. The molecular formula is C13H24N4O2. The second-order valence-corrected chi connectivity index (χ2v) is 4.86. The molecule has 0 aliphatic heterocycles. The molecule has 6 heteroatoms. The van der Waals surface area contributed by atoms with Crippen LogP contribution in [0, 0.1) is 0 Å². The molecule has 1 heterocycles. The zero-order valence-corrected chi connectivity index (χ0v) is 11.5. The molecule has 1 aromatic rings. The first kappa shape index (κ1) is 15.6. The fourth-order valence-electron chi connectivity index (χ4n) is 2.06. The molecule has 0 spiro atoms. The van der Waals surface area contributed by atoms with Crippen LogP contribution in [0.4, 0.5) is 0 Å². The Kier molecular flexibility index (Phi) is 8.59. The zero-order valence-electron chi connectivity index (χ0n) is 11.5. The number of carboxylic acids is 1. The highest BCUT2D eigenvalue weighted by Crippen LogP contribution is 2.10. The minimum Gasteiger partial charge on any atom is -0.481 e. The van der Waals surface area contributed by atoms with Gasteiger partial charge in [-0.25, -0.2) is 0 Å². The largest absolute Gasteiger partial charge is 0.481 e. The first-order valence-corrected chi connectivity index (χ1v) is 7.21. The number of tetrazole rings is 1. The summed E-state index contributed by atoms with van der Waals surface area (Å²) in [4.78, 5) is 11.9. The van der Waals surface area contributed by atoms with Crippen molar-refractivity contribution in [3.8, 4) is 0 Å². The molecule has 1 N–H and O–H groups in total. The van der Waals surface area contributed by atoms with E-state index in [9.17, 15) is 4.79 Å². The molecule has 0 aromatic carbocycles. The molecule has 108 valence electrons. The third kappa shape index (κ3) is 9.16. The van der Waals surface area contributed by atoms with Gasteiger partial charge in [-0.1, -0.05) is 44.9 Å². The predicted molar refractivity (Wildman–Crippen MR) is 71.6 cm³/mol. The molecule has 1 rings (SSSR count). The average Bonchev–Trinajstić information content (AvgIpc) is 2.88. The van der Waals surface area contributed by atoms with E-state index in [4.69, 9.17) is 5.11 Å². The van der Waals surface area contributed by atoms with E-state index >= 15 is 0 Å². The van der Waals surface area contributed by atoms with Gasteiger partial charge in [0.25, 0.3) is 0 Å². The summed E-state index contributed by atoms with van der Waals surface area (Å²) in [5, 5.41) is 19.9. The number of nitrogens with zero attached hydrogens (tertiary/aromatic N) is 4. The number of rotatable bonds is 12. The summed E-state index contributed by atoms with van der Waals surface area (Å²) in [6.45, 7) is 0.856. The van der Waals surface area contributed by atoms with Crippen LogP contribution >= 0.6 is 0 Å². The van der Waals surface area contributed by atoms with E-state index in [-0.39, 0.29) is 0 Å². The first-order chi connectivity index (χ1) is 9.29. The summed E-state index contributed by atoms with van der Waals surface area (Å²) >= 11 is 0. The third-order valence-corrected chi connectivity index (χ3v) is 3.14. The topological polar surface area (TPSA) is 80.9 Å². The van der Waals surface area contributed by atoms with Crippen molar-refractivity contribution in [2.45, 2.75) is 70.8 Å². The van der Waals surface area contributed by atoms with Gasteiger partial charge in [0, 0.05) is 6.42 Å². The summed E-state index contributed by atoms with van der Waals surface area (Å²) in [7, 11) is 0. The molecule has 0 aliphatic rings. The summed E-state index contributed by atoms with van der Waals surface area (Å²) in [5.41, 5.74) is 0. The zero-order chi connectivity index (χ0) is 13.8.